The van der Waals surface area contributed by atoms with E-state index in [0.29, 0.717) is 12.3 Å². The minimum absolute atomic E-state index is 0.117. The highest BCUT2D eigenvalue weighted by atomic mass is 16.5. The van der Waals surface area contributed by atoms with E-state index in [0.717, 1.165) is 17.8 Å². The molecular formula is C16H18O2. The van der Waals surface area contributed by atoms with Crippen molar-refractivity contribution in [3.05, 3.63) is 47.8 Å². The molecule has 3 aliphatic rings. The molecule has 0 spiro atoms. The molecule has 94 valence electrons. The molecular weight excluding hydrogens is 224 g/mol. The van der Waals surface area contributed by atoms with Gasteiger partial charge >= 0.3 is 0 Å². The predicted molar refractivity (Wildman–Crippen MR) is 70.8 cm³/mol. The zero-order chi connectivity index (χ0) is 12.8. The van der Waals surface area contributed by atoms with Gasteiger partial charge in [0.2, 0.25) is 0 Å². The summed E-state index contributed by atoms with van der Waals surface area (Å²) in [5.41, 5.74) is 1.24. The van der Waals surface area contributed by atoms with Crippen LogP contribution in [0.25, 0.3) is 0 Å². The lowest BCUT2D eigenvalue weighted by atomic mass is 9.68. The quantitative estimate of drug-likeness (QED) is 0.660. The summed E-state index contributed by atoms with van der Waals surface area (Å²) in [6.07, 6.45) is 14.2. The molecule has 0 fully saturated rings. The third-order valence-corrected chi connectivity index (χ3v) is 4.32. The smallest absolute Gasteiger partial charge is 0.156 e. The average molecular weight is 242 g/mol. The van der Waals surface area contributed by atoms with Gasteiger partial charge in [0.25, 0.3) is 0 Å². The van der Waals surface area contributed by atoms with Crippen LogP contribution in [-0.4, -0.2) is 12.9 Å². The second-order valence-corrected chi connectivity index (χ2v) is 5.73. The fourth-order valence-electron chi connectivity index (χ4n) is 3.37. The summed E-state index contributed by atoms with van der Waals surface area (Å²) in [4.78, 5) is 11.9. The van der Waals surface area contributed by atoms with E-state index in [2.05, 4.69) is 25.2 Å². The summed E-state index contributed by atoms with van der Waals surface area (Å²) in [7, 11) is 1.69. The molecule has 0 saturated heterocycles. The first kappa shape index (κ1) is 11.5. The monoisotopic (exact) mass is 242 g/mol. The highest BCUT2D eigenvalue weighted by molar-refractivity contribution is 5.91. The average Bonchev–Trinajstić information content (AvgIpc) is 2.72. The van der Waals surface area contributed by atoms with E-state index in [1.54, 1.807) is 7.11 Å². The topological polar surface area (TPSA) is 26.3 Å². The molecule has 3 rings (SSSR count). The number of carbonyl (C=O) groups excluding carboxylic acids is 1. The maximum atomic E-state index is 11.9. The zero-order valence-corrected chi connectivity index (χ0v) is 10.8. The number of hydrogen-bond acceptors (Lipinski definition) is 2. The molecule has 2 bridgehead atoms. The van der Waals surface area contributed by atoms with Crippen LogP contribution in [0.4, 0.5) is 0 Å². The van der Waals surface area contributed by atoms with Crippen LogP contribution in [0.15, 0.2) is 47.8 Å². The van der Waals surface area contributed by atoms with Crippen molar-refractivity contribution in [2.75, 3.05) is 7.11 Å². The second-order valence-electron chi connectivity index (χ2n) is 5.73. The van der Waals surface area contributed by atoms with Crippen LogP contribution in [0.1, 0.15) is 19.8 Å². The second kappa shape index (κ2) is 3.98. The minimum atomic E-state index is 0.117. The molecule has 0 N–H and O–H groups in total. The Morgan fingerprint density at radius 1 is 1.39 bits per heavy atom. The van der Waals surface area contributed by atoms with Gasteiger partial charge in [-0.1, -0.05) is 25.2 Å². The maximum Gasteiger partial charge on any atom is 0.156 e. The van der Waals surface area contributed by atoms with Gasteiger partial charge in [0.1, 0.15) is 5.76 Å². The molecule has 2 heteroatoms. The van der Waals surface area contributed by atoms with Crippen molar-refractivity contribution in [2.45, 2.75) is 19.8 Å². The van der Waals surface area contributed by atoms with Crippen molar-refractivity contribution in [1.29, 1.82) is 0 Å². The minimum Gasteiger partial charge on any atom is -0.497 e. The van der Waals surface area contributed by atoms with Gasteiger partial charge in [-0.25, -0.2) is 0 Å². The van der Waals surface area contributed by atoms with Crippen LogP contribution in [-0.2, 0) is 9.53 Å². The lowest BCUT2D eigenvalue weighted by Gasteiger charge is -2.35. The van der Waals surface area contributed by atoms with E-state index < -0.39 is 0 Å². The largest absolute Gasteiger partial charge is 0.497 e. The summed E-state index contributed by atoms with van der Waals surface area (Å²) in [6, 6.07) is 0. The van der Waals surface area contributed by atoms with Crippen molar-refractivity contribution in [3.63, 3.8) is 0 Å². The zero-order valence-electron chi connectivity index (χ0n) is 10.8. The Hall–Kier alpha value is -1.57. The van der Waals surface area contributed by atoms with Crippen LogP contribution in [0.2, 0.25) is 0 Å². The Morgan fingerprint density at radius 2 is 2.22 bits per heavy atom. The van der Waals surface area contributed by atoms with Gasteiger partial charge in [-0.2, -0.15) is 0 Å². The van der Waals surface area contributed by atoms with Gasteiger partial charge in [0.05, 0.1) is 7.11 Å². The SMILES string of the molecule is COC1=CC2/C(=C\C(=O)CC3C=CC2(C)C3)C=C1. The van der Waals surface area contributed by atoms with Crippen molar-refractivity contribution in [3.8, 4) is 0 Å². The highest BCUT2D eigenvalue weighted by Crippen LogP contribution is 2.49. The fourth-order valence-corrected chi connectivity index (χ4v) is 3.37. The van der Waals surface area contributed by atoms with Crippen molar-refractivity contribution < 1.29 is 9.53 Å². The number of rotatable bonds is 1. The van der Waals surface area contributed by atoms with E-state index in [4.69, 9.17) is 4.74 Å². The van der Waals surface area contributed by atoms with Crippen molar-refractivity contribution >= 4 is 5.78 Å². The molecule has 3 aliphatic carbocycles. The molecule has 0 aromatic carbocycles. The van der Waals surface area contributed by atoms with Gasteiger partial charge in [-0.15, -0.1) is 0 Å². The molecule has 18 heavy (non-hydrogen) atoms. The Morgan fingerprint density at radius 3 is 3.00 bits per heavy atom. The first-order chi connectivity index (χ1) is 8.60. The Balaban J connectivity index is 2.08. The van der Waals surface area contributed by atoms with Gasteiger partial charge < -0.3 is 4.74 Å². The van der Waals surface area contributed by atoms with Crippen LogP contribution in [0.5, 0.6) is 0 Å². The van der Waals surface area contributed by atoms with Gasteiger partial charge in [-0.05, 0) is 41.6 Å². The number of hydrogen-bond donors (Lipinski definition) is 0. The lowest BCUT2D eigenvalue weighted by molar-refractivity contribution is -0.115. The standard InChI is InChI=1S/C16H18O2/c1-16-6-5-11(10-16)7-13(17)8-12-3-4-14(18-2)9-15(12)16/h3-6,8-9,11,15H,7,10H2,1-2H3/b12-8-. The number of ketones is 1. The number of allylic oxidation sites excluding steroid dienone is 7. The predicted octanol–water partition coefficient (Wildman–Crippen LogP) is 3.18. The molecule has 0 radical (unpaired) electrons. The van der Waals surface area contributed by atoms with Crippen LogP contribution in [0.3, 0.4) is 0 Å². The van der Waals surface area contributed by atoms with E-state index >= 15 is 0 Å². The fraction of sp³-hybridized carbons (Fsp3) is 0.438. The summed E-state index contributed by atoms with van der Waals surface area (Å²) >= 11 is 0. The van der Waals surface area contributed by atoms with Crippen LogP contribution >= 0.6 is 0 Å². The third kappa shape index (κ3) is 1.76. The maximum absolute atomic E-state index is 11.9. The normalized spacial score (nSPS) is 40.4. The Kier molecular flexibility index (Phi) is 2.54. The summed E-state index contributed by atoms with van der Waals surface area (Å²) in [6.45, 7) is 2.28. The molecule has 0 amide bonds. The van der Waals surface area contributed by atoms with E-state index in [1.807, 2.05) is 18.2 Å². The molecule has 2 nitrogen and oxygen atoms in total. The van der Waals surface area contributed by atoms with Gasteiger partial charge in [0, 0.05) is 12.3 Å². The van der Waals surface area contributed by atoms with Crippen LogP contribution in [0, 0.1) is 17.3 Å². The first-order valence-corrected chi connectivity index (χ1v) is 6.48. The van der Waals surface area contributed by atoms with E-state index in [1.165, 1.54) is 0 Å². The van der Waals surface area contributed by atoms with Crippen LogP contribution < -0.4 is 0 Å². The number of methoxy groups -OCH3 is 1. The number of carbonyl (C=O) groups is 1. The molecule has 0 heterocycles. The summed E-state index contributed by atoms with van der Waals surface area (Å²) in [5.74, 6) is 1.80. The number of ether oxygens (including phenoxy) is 1. The molecule has 0 aromatic heterocycles. The van der Waals surface area contributed by atoms with E-state index in [9.17, 15) is 4.79 Å². The molecule has 0 aromatic rings. The lowest BCUT2D eigenvalue weighted by Crippen LogP contribution is -2.28. The van der Waals surface area contributed by atoms with Crippen molar-refractivity contribution in [2.24, 2.45) is 17.3 Å². The van der Waals surface area contributed by atoms with Gasteiger partial charge in [-0.3, -0.25) is 4.79 Å². The molecule has 0 aliphatic heterocycles. The highest BCUT2D eigenvalue weighted by Gasteiger charge is 2.40. The summed E-state index contributed by atoms with van der Waals surface area (Å²) < 4.78 is 5.33. The Labute approximate surface area is 108 Å². The summed E-state index contributed by atoms with van der Waals surface area (Å²) in [5, 5.41) is 0. The first-order valence-electron chi connectivity index (χ1n) is 6.48. The molecule has 3 atom stereocenters. The Bertz CT molecular complexity index is 507. The molecule has 3 unspecified atom stereocenters. The molecule has 0 saturated carbocycles. The third-order valence-electron chi connectivity index (χ3n) is 4.32. The van der Waals surface area contributed by atoms with E-state index in [-0.39, 0.29) is 17.1 Å². The van der Waals surface area contributed by atoms with Crippen molar-refractivity contribution in [1.82, 2.24) is 0 Å². The van der Waals surface area contributed by atoms with Gasteiger partial charge in [0.15, 0.2) is 5.78 Å². The number of fused-ring (bicyclic) bond motifs is 4.